The highest BCUT2D eigenvalue weighted by atomic mass is 32.2. The number of carbonyl (C=O) groups excluding carboxylic acids is 1. The van der Waals surface area contributed by atoms with Gasteiger partial charge in [-0.3, -0.25) is 9.20 Å². The SMILES string of the molecule is CCC[C@H](C#N)NC(=O)c1nc(SC)n2ccccc12. The third-order valence-electron chi connectivity index (χ3n) is 2.95. The molecule has 0 aliphatic rings. The lowest BCUT2D eigenvalue weighted by atomic mass is 10.2. The normalized spacial score (nSPS) is 12.1. The number of nitrogens with one attached hydrogen (secondary N) is 1. The third kappa shape index (κ3) is 2.78. The van der Waals surface area contributed by atoms with Crippen LogP contribution in [0.2, 0.25) is 0 Å². The number of hydrogen-bond acceptors (Lipinski definition) is 4. The largest absolute Gasteiger partial charge is 0.335 e. The summed E-state index contributed by atoms with van der Waals surface area (Å²) in [6.45, 7) is 1.98. The van der Waals surface area contributed by atoms with E-state index < -0.39 is 6.04 Å². The highest BCUT2D eigenvalue weighted by Gasteiger charge is 2.19. The minimum absolute atomic E-state index is 0.297. The van der Waals surface area contributed by atoms with Crippen LogP contribution in [0, 0.1) is 11.3 Å². The average molecular weight is 288 g/mol. The number of nitrogens with zero attached hydrogens (tertiary/aromatic N) is 3. The number of carbonyl (C=O) groups is 1. The lowest BCUT2D eigenvalue weighted by Gasteiger charge is -2.08. The topological polar surface area (TPSA) is 70.2 Å². The molecule has 2 aromatic rings. The third-order valence-corrected chi connectivity index (χ3v) is 3.61. The fraction of sp³-hybridized carbons (Fsp3) is 0.357. The van der Waals surface area contributed by atoms with Gasteiger partial charge >= 0.3 is 0 Å². The Morgan fingerprint density at radius 3 is 3.05 bits per heavy atom. The summed E-state index contributed by atoms with van der Waals surface area (Å²) in [6.07, 6.45) is 5.28. The van der Waals surface area contributed by atoms with E-state index in [1.54, 1.807) is 0 Å². The molecule has 0 radical (unpaired) electrons. The number of pyridine rings is 1. The zero-order valence-electron chi connectivity index (χ0n) is 11.5. The molecule has 0 saturated carbocycles. The molecule has 0 aromatic carbocycles. The summed E-state index contributed by atoms with van der Waals surface area (Å²) < 4.78 is 1.88. The molecule has 2 heterocycles. The maximum Gasteiger partial charge on any atom is 0.273 e. The first-order chi connectivity index (χ1) is 9.71. The standard InChI is InChI=1S/C14H16N4OS/c1-3-6-10(9-15)16-13(19)12-11-7-4-5-8-18(11)14(17-12)20-2/h4-5,7-8,10H,3,6H2,1-2H3,(H,16,19)/t10-/m1/s1. The molecule has 0 fully saturated rings. The maximum absolute atomic E-state index is 12.3. The zero-order chi connectivity index (χ0) is 14.5. The van der Waals surface area contributed by atoms with Crippen LogP contribution in [0.1, 0.15) is 30.3 Å². The van der Waals surface area contributed by atoms with Gasteiger partial charge in [-0.2, -0.15) is 5.26 Å². The summed E-state index contributed by atoms with van der Waals surface area (Å²) in [7, 11) is 0. The predicted octanol–water partition coefficient (Wildman–Crippen LogP) is 2.48. The first kappa shape index (κ1) is 14.4. The van der Waals surface area contributed by atoms with Crippen molar-refractivity contribution in [3.63, 3.8) is 0 Å². The highest BCUT2D eigenvalue weighted by Crippen LogP contribution is 2.19. The first-order valence-electron chi connectivity index (χ1n) is 6.42. The summed E-state index contributed by atoms with van der Waals surface area (Å²) in [5, 5.41) is 12.5. The maximum atomic E-state index is 12.3. The second kappa shape index (κ2) is 6.44. The molecule has 2 rings (SSSR count). The monoisotopic (exact) mass is 288 g/mol. The van der Waals surface area contributed by atoms with Crippen molar-refractivity contribution in [1.82, 2.24) is 14.7 Å². The van der Waals surface area contributed by atoms with Crippen molar-refractivity contribution < 1.29 is 4.79 Å². The Hall–Kier alpha value is -2.00. The van der Waals surface area contributed by atoms with E-state index in [1.807, 2.05) is 42.0 Å². The first-order valence-corrected chi connectivity index (χ1v) is 7.65. The van der Waals surface area contributed by atoms with E-state index in [9.17, 15) is 4.79 Å². The summed E-state index contributed by atoms with van der Waals surface area (Å²) >= 11 is 1.48. The molecule has 20 heavy (non-hydrogen) atoms. The van der Waals surface area contributed by atoms with Crippen molar-refractivity contribution in [2.75, 3.05) is 6.26 Å². The van der Waals surface area contributed by atoms with E-state index in [0.29, 0.717) is 12.1 Å². The Balaban J connectivity index is 2.33. The van der Waals surface area contributed by atoms with E-state index >= 15 is 0 Å². The molecule has 104 valence electrons. The number of fused-ring (bicyclic) bond motifs is 1. The number of nitriles is 1. The van der Waals surface area contributed by atoms with Gasteiger partial charge in [-0.15, -0.1) is 0 Å². The number of hydrogen-bond donors (Lipinski definition) is 1. The molecule has 6 heteroatoms. The quantitative estimate of drug-likeness (QED) is 0.858. The van der Waals surface area contributed by atoms with E-state index in [4.69, 9.17) is 5.26 Å². The second-order valence-corrected chi connectivity index (χ2v) is 5.12. The van der Waals surface area contributed by atoms with Crippen LogP contribution < -0.4 is 5.32 Å². The Labute approximate surface area is 122 Å². The number of rotatable bonds is 5. The molecule has 1 atom stereocenters. The van der Waals surface area contributed by atoms with Crippen molar-refractivity contribution in [2.24, 2.45) is 0 Å². The van der Waals surface area contributed by atoms with Gasteiger partial charge in [0.25, 0.3) is 5.91 Å². The minimum Gasteiger partial charge on any atom is -0.335 e. The van der Waals surface area contributed by atoms with E-state index in [1.165, 1.54) is 11.8 Å². The number of amides is 1. The summed E-state index contributed by atoms with van der Waals surface area (Å²) in [5.41, 5.74) is 1.12. The number of imidazole rings is 1. The smallest absolute Gasteiger partial charge is 0.273 e. The molecule has 5 nitrogen and oxygen atoms in total. The van der Waals surface area contributed by atoms with E-state index in [-0.39, 0.29) is 5.91 Å². The minimum atomic E-state index is -0.467. The summed E-state index contributed by atoms with van der Waals surface area (Å²) in [4.78, 5) is 16.6. The zero-order valence-corrected chi connectivity index (χ0v) is 12.3. The van der Waals surface area contributed by atoms with Gasteiger partial charge < -0.3 is 5.32 Å². The van der Waals surface area contributed by atoms with Crippen LogP contribution in [0.15, 0.2) is 29.6 Å². The molecule has 1 amide bonds. The van der Waals surface area contributed by atoms with Crippen LogP contribution in [0.3, 0.4) is 0 Å². The van der Waals surface area contributed by atoms with Crippen molar-refractivity contribution in [3.05, 3.63) is 30.1 Å². The van der Waals surface area contributed by atoms with Gasteiger partial charge in [-0.25, -0.2) is 4.98 Å². The van der Waals surface area contributed by atoms with Gasteiger partial charge in [0.2, 0.25) is 0 Å². The highest BCUT2D eigenvalue weighted by molar-refractivity contribution is 7.98. The van der Waals surface area contributed by atoms with Crippen LogP contribution in [0.5, 0.6) is 0 Å². The van der Waals surface area contributed by atoms with Crippen molar-refractivity contribution in [2.45, 2.75) is 31.0 Å². The molecule has 0 aliphatic heterocycles. The van der Waals surface area contributed by atoms with Crippen LogP contribution in [0.4, 0.5) is 0 Å². The Bertz CT molecular complexity index is 659. The molecular formula is C14H16N4OS. The molecule has 0 aliphatic carbocycles. The molecule has 0 spiro atoms. The molecular weight excluding hydrogens is 272 g/mol. The Morgan fingerprint density at radius 2 is 2.40 bits per heavy atom. The molecule has 0 unspecified atom stereocenters. The molecule has 0 saturated heterocycles. The van der Waals surface area contributed by atoms with Gasteiger partial charge in [-0.05, 0) is 24.8 Å². The summed E-state index contributed by atoms with van der Waals surface area (Å²) in [6, 6.07) is 7.24. The predicted molar refractivity (Wildman–Crippen MR) is 78.7 cm³/mol. The van der Waals surface area contributed by atoms with Crippen molar-refractivity contribution in [1.29, 1.82) is 5.26 Å². The fourth-order valence-electron chi connectivity index (χ4n) is 2.01. The number of aromatic nitrogens is 2. The van der Waals surface area contributed by atoms with Crippen LogP contribution in [0.25, 0.3) is 5.52 Å². The number of thioether (sulfide) groups is 1. The van der Waals surface area contributed by atoms with Crippen LogP contribution >= 0.6 is 11.8 Å². The Morgan fingerprint density at radius 1 is 1.60 bits per heavy atom. The van der Waals surface area contributed by atoms with Gasteiger partial charge in [0, 0.05) is 6.20 Å². The van der Waals surface area contributed by atoms with Gasteiger partial charge in [0.1, 0.15) is 6.04 Å². The Kier molecular flexibility index (Phi) is 4.64. The van der Waals surface area contributed by atoms with Gasteiger partial charge in [0.15, 0.2) is 10.9 Å². The van der Waals surface area contributed by atoms with Gasteiger partial charge in [0.05, 0.1) is 11.6 Å². The van der Waals surface area contributed by atoms with Crippen molar-refractivity contribution >= 4 is 23.2 Å². The van der Waals surface area contributed by atoms with Crippen LogP contribution in [-0.4, -0.2) is 27.6 Å². The van der Waals surface area contributed by atoms with E-state index in [2.05, 4.69) is 16.4 Å². The molecule has 2 aromatic heterocycles. The molecule has 1 N–H and O–H groups in total. The average Bonchev–Trinajstić information content (AvgIpc) is 2.85. The second-order valence-electron chi connectivity index (χ2n) is 4.35. The lowest BCUT2D eigenvalue weighted by Crippen LogP contribution is -2.33. The van der Waals surface area contributed by atoms with Crippen LogP contribution in [-0.2, 0) is 0 Å². The van der Waals surface area contributed by atoms with E-state index in [0.717, 1.165) is 17.1 Å². The van der Waals surface area contributed by atoms with Gasteiger partial charge in [-0.1, -0.05) is 31.2 Å². The lowest BCUT2D eigenvalue weighted by molar-refractivity contribution is 0.0940. The summed E-state index contributed by atoms with van der Waals surface area (Å²) in [5.74, 6) is -0.297. The molecule has 0 bridgehead atoms. The fourth-order valence-corrected chi connectivity index (χ4v) is 2.54. The van der Waals surface area contributed by atoms with Crippen molar-refractivity contribution in [3.8, 4) is 6.07 Å².